The first-order valence-corrected chi connectivity index (χ1v) is 6.58. The Morgan fingerprint density at radius 2 is 2.11 bits per heavy atom. The number of nitrogens with zero attached hydrogens (tertiary/aromatic N) is 2. The maximum absolute atomic E-state index is 11.0. The molecule has 3 rings (SSSR count). The Kier molecular flexibility index (Phi) is 2.86. The summed E-state index contributed by atoms with van der Waals surface area (Å²) in [4.78, 5) is 14.9. The van der Waals surface area contributed by atoms with Gasteiger partial charge in [0.05, 0.1) is 0 Å². The van der Waals surface area contributed by atoms with Crippen molar-refractivity contribution in [2.45, 2.75) is 25.3 Å². The van der Waals surface area contributed by atoms with Gasteiger partial charge in [-0.2, -0.15) is 0 Å². The minimum atomic E-state index is -0.789. The average molecular weight is 246 g/mol. The van der Waals surface area contributed by atoms with Gasteiger partial charge in [-0.15, -0.1) is 0 Å². The minimum Gasteiger partial charge on any atom is -0.465 e. The van der Waals surface area contributed by atoms with Crippen LogP contribution < -0.4 is 4.90 Å². The molecule has 1 N–H and O–H groups in total. The zero-order valence-corrected chi connectivity index (χ0v) is 10.4. The number of anilines is 1. The summed E-state index contributed by atoms with van der Waals surface area (Å²) in [6.07, 6.45) is 2.46. The second kappa shape index (κ2) is 4.52. The van der Waals surface area contributed by atoms with E-state index in [2.05, 4.69) is 29.2 Å². The van der Waals surface area contributed by atoms with E-state index in [9.17, 15) is 4.79 Å². The Balaban J connectivity index is 1.80. The van der Waals surface area contributed by atoms with Crippen LogP contribution in [0.15, 0.2) is 24.3 Å². The van der Waals surface area contributed by atoms with Crippen LogP contribution in [0, 0.1) is 0 Å². The number of likely N-dealkylation sites (tertiary alicyclic amines) is 1. The van der Waals surface area contributed by atoms with Crippen LogP contribution in [0.1, 0.15) is 18.4 Å². The normalized spacial score (nSPS) is 23.0. The van der Waals surface area contributed by atoms with Gasteiger partial charge in [-0.25, -0.2) is 4.79 Å². The molecule has 0 bridgehead atoms. The van der Waals surface area contributed by atoms with Crippen LogP contribution in [-0.2, 0) is 6.42 Å². The summed E-state index contributed by atoms with van der Waals surface area (Å²) in [5.41, 5.74) is 2.71. The first kappa shape index (κ1) is 11.4. The van der Waals surface area contributed by atoms with E-state index in [0.717, 1.165) is 19.4 Å². The molecule has 1 atom stereocenters. The second-order valence-electron chi connectivity index (χ2n) is 5.10. The summed E-state index contributed by atoms with van der Waals surface area (Å²) in [5.74, 6) is 0. The maximum atomic E-state index is 11.0. The quantitative estimate of drug-likeness (QED) is 0.826. The van der Waals surface area contributed by atoms with E-state index in [-0.39, 0.29) is 0 Å². The third kappa shape index (κ3) is 1.92. The highest BCUT2D eigenvalue weighted by Crippen LogP contribution is 2.31. The lowest BCUT2D eigenvalue weighted by atomic mass is 10.00. The van der Waals surface area contributed by atoms with Crippen molar-refractivity contribution < 1.29 is 9.90 Å². The number of amides is 1. The molecule has 18 heavy (non-hydrogen) atoms. The number of rotatable bonds is 1. The lowest BCUT2D eigenvalue weighted by molar-refractivity contribution is 0.155. The van der Waals surface area contributed by atoms with Crippen LogP contribution >= 0.6 is 0 Å². The van der Waals surface area contributed by atoms with Gasteiger partial charge in [0.2, 0.25) is 0 Å². The molecule has 96 valence electrons. The summed E-state index contributed by atoms with van der Waals surface area (Å²) in [5, 5.41) is 9.03. The number of aryl methyl sites for hydroxylation is 1. The Morgan fingerprint density at radius 3 is 2.89 bits per heavy atom. The summed E-state index contributed by atoms with van der Waals surface area (Å²) < 4.78 is 0. The molecule has 0 radical (unpaired) electrons. The van der Waals surface area contributed by atoms with E-state index in [0.29, 0.717) is 19.1 Å². The zero-order valence-electron chi connectivity index (χ0n) is 10.4. The Morgan fingerprint density at radius 1 is 1.28 bits per heavy atom. The molecule has 2 aliphatic heterocycles. The number of fused-ring (bicyclic) bond motifs is 1. The number of benzene rings is 1. The van der Waals surface area contributed by atoms with Gasteiger partial charge in [-0.05, 0) is 30.9 Å². The fraction of sp³-hybridized carbons (Fsp3) is 0.500. The van der Waals surface area contributed by atoms with E-state index in [1.54, 1.807) is 0 Å². The molecule has 0 aromatic heterocycles. The van der Waals surface area contributed by atoms with E-state index >= 15 is 0 Å². The smallest absolute Gasteiger partial charge is 0.407 e. The first-order valence-electron chi connectivity index (χ1n) is 6.58. The van der Waals surface area contributed by atoms with Crippen molar-refractivity contribution in [1.82, 2.24) is 4.90 Å². The van der Waals surface area contributed by atoms with E-state index in [4.69, 9.17) is 5.11 Å². The van der Waals surface area contributed by atoms with Crippen LogP contribution in [0.5, 0.6) is 0 Å². The van der Waals surface area contributed by atoms with E-state index < -0.39 is 6.09 Å². The third-order valence-electron chi connectivity index (χ3n) is 4.02. The largest absolute Gasteiger partial charge is 0.465 e. The lowest BCUT2D eigenvalue weighted by Crippen LogP contribution is -2.41. The van der Waals surface area contributed by atoms with Gasteiger partial charge >= 0.3 is 6.09 Å². The summed E-state index contributed by atoms with van der Waals surface area (Å²) in [6, 6.07) is 8.85. The van der Waals surface area contributed by atoms with Crippen LogP contribution in [0.3, 0.4) is 0 Å². The molecular formula is C14H18N2O2. The molecule has 1 saturated heterocycles. The topological polar surface area (TPSA) is 43.8 Å². The van der Waals surface area contributed by atoms with E-state index in [1.807, 2.05) is 0 Å². The van der Waals surface area contributed by atoms with Crippen molar-refractivity contribution in [1.29, 1.82) is 0 Å². The predicted molar refractivity (Wildman–Crippen MR) is 70.1 cm³/mol. The van der Waals surface area contributed by atoms with Crippen molar-refractivity contribution in [3.05, 3.63) is 29.8 Å². The van der Waals surface area contributed by atoms with Crippen molar-refractivity contribution in [3.63, 3.8) is 0 Å². The molecule has 1 unspecified atom stereocenters. The highest BCUT2D eigenvalue weighted by Gasteiger charge is 2.32. The molecular weight excluding hydrogens is 228 g/mol. The van der Waals surface area contributed by atoms with Gasteiger partial charge in [-0.3, -0.25) is 0 Å². The molecule has 0 aliphatic carbocycles. The van der Waals surface area contributed by atoms with Crippen LogP contribution in [0.2, 0.25) is 0 Å². The summed E-state index contributed by atoms with van der Waals surface area (Å²) >= 11 is 0. The van der Waals surface area contributed by atoms with Crippen molar-refractivity contribution in [2.24, 2.45) is 0 Å². The van der Waals surface area contributed by atoms with Gasteiger partial charge in [0, 0.05) is 31.4 Å². The highest BCUT2D eigenvalue weighted by molar-refractivity contribution is 5.66. The number of carboxylic acid groups (broad SMARTS) is 1. The zero-order chi connectivity index (χ0) is 12.5. The molecule has 4 nitrogen and oxygen atoms in total. The van der Waals surface area contributed by atoms with Gasteiger partial charge in [-0.1, -0.05) is 18.2 Å². The molecule has 1 aromatic rings. The molecule has 0 spiro atoms. The molecule has 0 saturated carbocycles. The number of para-hydroxylation sites is 1. The highest BCUT2D eigenvalue weighted by atomic mass is 16.4. The summed E-state index contributed by atoms with van der Waals surface area (Å²) in [6.45, 7) is 2.36. The average Bonchev–Trinajstić information content (AvgIpc) is 2.87. The second-order valence-corrected chi connectivity index (χ2v) is 5.10. The van der Waals surface area contributed by atoms with Crippen molar-refractivity contribution >= 4 is 11.8 Å². The standard InChI is InChI=1S/C14H18N2O2/c17-14(18)15-9-7-12(10-15)16-8-3-5-11-4-1-2-6-13(11)16/h1-2,4,6,12H,3,5,7-10H2,(H,17,18). The molecule has 2 aliphatic rings. The Bertz CT molecular complexity index is 461. The molecule has 4 heteroatoms. The van der Waals surface area contributed by atoms with Crippen molar-refractivity contribution in [3.8, 4) is 0 Å². The predicted octanol–water partition coefficient (Wildman–Crippen LogP) is 2.19. The number of carbonyl (C=O) groups is 1. The van der Waals surface area contributed by atoms with Gasteiger partial charge in [0.25, 0.3) is 0 Å². The fourth-order valence-electron chi connectivity index (χ4n) is 3.11. The monoisotopic (exact) mass is 246 g/mol. The lowest BCUT2D eigenvalue weighted by Gasteiger charge is -2.36. The first-order chi connectivity index (χ1) is 8.75. The van der Waals surface area contributed by atoms with Gasteiger partial charge < -0.3 is 14.9 Å². The van der Waals surface area contributed by atoms with Gasteiger partial charge in [0.15, 0.2) is 0 Å². The molecule has 1 amide bonds. The SMILES string of the molecule is O=C(O)N1CCC(N2CCCc3ccccc32)C1. The van der Waals surface area contributed by atoms with Gasteiger partial charge in [0.1, 0.15) is 0 Å². The van der Waals surface area contributed by atoms with Crippen LogP contribution in [0.4, 0.5) is 10.5 Å². The Hall–Kier alpha value is -1.71. The Labute approximate surface area is 107 Å². The van der Waals surface area contributed by atoms with Crippen molar-refractivity contribution in [2.75, 3.05) is 24.5 Å². The number of hydrogen-bond acceptors (Lipinski definition) is 2. The molecule has 1 fully saturated rings. The molecule has 1 aromatic carbocycles. The maximum Gasteiger partial charge on any atom is 0.407 e. The fourth-order valence-corrected chi connectivity index (χ4v) is 3.11. The van der Waals surface area contributed by atoms with Crippen LogP contribution in [-0.4, -0.2) is 41.8 Å². The third-order valence-corrected chi connectivity index (χ3v) is 4.02. The van der Waals surface area contributed by atoms with E-state index in [1.165, 1.54) is 22.6 Å². The van der Waals surface area contributed by atoms with Crippen LogP contribution in [0.25, 0.3) is 0 Å². The number of hydrogen-bond donors (Lipinski definition) is 1. The molecule has 2 heterocycles. The summed E-state index contributed by atoms with van der Waals surface area (Å²) in [7, 11) is 0. The minimum absolute atomic E-state index is 0.350.